The number of fused-ring (bicyclic) bond motifs is 1. The van der Waals surface area contributed by atoms with Gasteiger partial charge in [-0.15, -0.1) is 0 Å². The number of hydrogen-bond donors (Lipinski definition) is 1. The Morgan fingerprint density at radius 2 is 2.07 bits per heavy atom. The van der Waals surface area contributed by atoms with Gasteiger partial charge in [-0.2, -0.15) is 0 Å². The zero-order valence-electron chi connectivity index (χ0n) is 17.9. The molecular weight excluding hydrogens is 380 g/mol. The SMILES string of the molecule is COc1cccc(C2(NC(=O)[C@H]3[C@H]4C(=O)N(C(C)C)C[C@@]45C=C[C@H]3O5)CCCC2)c1. The van der Waals surface area contributed by atoms with Gasteiger partial charge in [0.05, 0.1) is 37.1 Å². The largest absolute Gasteiger partial charge is 0.497 e. The van der Waals surface area contributed by atoms with Gasteiger partial charge in [-0.25, -0.2) is 0 Å². The van der Waals surface area contributed by atoms with Crippen LogP contribution in [0.5, 0.6) is 5.75 Å². The monoisotopic (exact) mass is 410 g/mol. The van der Waals surface area contributed by atoms with Gasteiger partial charge in [0.1, 0.15) is 11.4 Å². The minimum Gasteiger partial charge on any atom is -0.497 e. The van der Waals surface area contributed by atoms with Crippen molar-refractivity contribution in [2.24, 2.45) is 11.8 Å². The van der Waals surface area contributed by atoms with E-state index in [1.807, 2.05) is 49.1 Å². The molecule has 1 aromatic rings. The summed E-state index contributed by atoms with van der Waals surface area (Å²) < 4.78 is 11.7. The molecule has 3 fully saturated rings. The van der Waals surface area contributed by atoms with E-state index in [2.05, 4.69) is 11.4 Å². The number of carbonyl (C=O) groups is 2. The quantitative estimate of drug-likeness (QED) is 0.758. The molecule has 1 saturated carbocycles. The molecule has 0 radical (unpaired) electrons. The summed E-state index contributed by atoms with van der Waals surface area (Å²) in [7, 11) is 1.66. The summed E-state index contributed by atoms with van der Waals surface area (Å²) in [6.07, 6.45) is 7.58. The van der Waals surface area contributed by atoms with Gasteiger partial charge in [-0.3, -0.25) is 9.59 Å². The summed E-state index contributed by atoms with van der Waals surface area (Å²) in [5, 5.41) is 3.38. The maximum Gasteiger partial charge on any atom is 0.230 e. The second kappa shape index (κ2) is 6.84. The van der Waals surface area contributed by atoms with Gasteiger partial charge in [-0.05, 0) is 44.4 Å². The number of likely N-dealkylation sites (tertiary alicyclic amines) is 1. The van der Waals surface area contributed by atoms with E-state index in [0.29, 0.717) is 6.54 Å². The number of benzene rings is 1. The van der Waals surface area contributed by atoms with E-state index in [9.17, 15) is 9.59 Å². The first-order chi connectivity index (χ1) is 14.4. The molecule has 3 heterocycles. The van der Waals surface area contributed by atoms with Gasteiger partial charge >= 0.3 is 0 Å². The first-order valence-corrected chi connectivity index (χ1v) is 11.0. The number of nitrogens with one attached hydrogen (secondary N) is 1. The fourth-order valence-corrected chi connectivity index (χ4v) is 5.97. The minimum atomic E-state index is -0.646. The van der Waals surface area contributed by atoms with E-state index in [1.54, 1.807) is 7.11 Å². The third kappa shape index (κ3) is 2.73. The van der Waals surface area contributed by atoms with Gasteiger partial charge in [0.15, 0.2) is 0 Å². The molecular formula is C24H30N2O4. The van der Waals surface area contributed by atoms with Crippen molar-refractivity contribution in [3.05, 3.63) is 42.0 Å². The Kier molecular flexibility index (Phi) is 4.47. The fourth-order valence-electron chi connectivity index (χ4n) is 5.97. The first kappa shape index (κ1) is 19.6. The Morgan fingerprint density at radius 3 is 2.77 bits per heavy atom. The van der Waals surface area contributed by atoms with Crippen LogP contribution in [0.2, 0.25) is 0 Å². The lowest BCUT2D eigenvalue weighted by atomic mass is 9.76. The zero-order chi connectivity index (χ0) is 21.1. The van der Waals surface area contributed by atoms with Crippen LogP contribution in [0, 0.1) is 11.8 Å². The van der Waals surface area contributed by atoms with Crippen molar-refractivity contribution in [1.29, 1.82) is 0 Å². The molecule has 1 aromatic carbocycles. The third-order valence-corrected chi connectivity index (χ3v) is 7.50. The Balaban J connectivity index is 1.44. The van der Waals surface area contributed by atoms with E-state index in [1.165, 1.54) is 0 Å². The van der Waals surface area contributed by atoms with Crippen LogP contribution in [0.4, 0.5) is 0 Å². The molecule has 30 heavy (non-hydrogen) atoms. The van der Waals surface area contributed by atoms with Crippen molar-refractivity contribution in [2.45, 2.75) is 62.8 Å². The van der Waals surface area contributed by atoms with Crippen molar-refractivity contribution in [3.63, 3.8) is 0 Å². The fraction of sp³-hybridized carbons (Fsp3) is 0.583. The second-order valence-electron chi connectivity index (χ2n) is 9.47. The van der Waals surface area contributed by atoms with Crippen molar-refractivity contribution in [2.75, 3.05) is 13.7 Å². The van der Waals surface area contributed by atoms with Crippen molar-refractivity contribution >= 4 is 11.8 Å². The average molecular weight is 411 g/mol. The standard InChI is InChI=1S/C24H30N2O4/c1-15(2)26-14-24-12-9-18(30-24)19(20(24)22(26)28)21(27)25-23(10-4-5-11-23)16-7-6-8-17(13-16)29-3/h6-9,12-13,15,18-20H,4-5,10-11,14H2,1-3H3,(H,25,27)/t18-,19-,20+,24+/m1/s1. The minimum absolute atomic E-state index is 0.0406. The molecule has 4 atom stereocenters. The molecule has 1 N–H and O–H groups in total. The second-order valence-corrected chi connectivity index (χ2v) is 9.47. The number of amides is 2. The zero-order valence-corrected chi connectivity index (χ0v) is 17.9. The summed E-state index contributed by atoms with van der Waals surface area (Å²) in [6.45, 7) is 4.56. The summed E-state index contributed by atoms with van der Waals surface area (Å²) in [5.41, 5.74) is 0.0138. The molecule has 6 nitrogen and oxygen atoms in total. The van der Waals surface area contributed by atoms with Gasteiger partial charge in [-0.1, -0.05) is 37.1 Å². The molecule has 2 saturated heterocycles. The number of methoxy groups -OCH3 is 1. The van der Waals surface area contributed by atoms with Crippen LogP contribution in [0.3, 0.4) is 0 Å². The van der Waals surface area contributed by atoms with Crippen LogP contribution in [0.1, 0.15) is 45.1 Å². The van der Waals surface area contributed by atoms with E-state index in [-0.39, 0.29) is 24.0 Å². The molecule has 2 amide bonds. The molecule has 160 valence electrons. The molecule has 2 bridgehead atoms. The maximum atomic E-state index is 13.7. The van der Waals surface area contributed by atoms with E-state index in [4.69, 9.17) is 9.47 Å². The number of nitrogens with zero attached hydrogens (tertiary/aromatic N) is 1. The molecule has 1 aliphatic carbocycles. The summed E-state index contributed by atoms with van der Waals surface area (Å²) in [6, 6.07) is 8.07. The van der Waals surface area contributed by atoms with Crippen LogP contribution >= 0.6 is 0 Å². The number of ether oxygens (including phenoxy) is 2. The lowest BCUT2D eigenvalue weighted by Gasteiger charge is -2.34. The average Bonchev–Trinajstić information content (AvgIpc) is 3.49. The van der Waals surface area contributed by atoms with Gasteiger partial charge < -0.3 is 19.7 Å². The molecule has 5 rings (SSSR count). The third-order valence-electron chi connectivity index (χ3n) is 7.50. The highest BCUT2D eigenvalue weighted by Crippen LogP contribution is 2.52. The molecule has 1 spiro atoms. The van der Waals surface area contributed by atoms with Gasteiger partial charge in [0, 0.05) is 6.04 Å². The highest BCUT2D eigenvalue weighted by atomic mass is 16.5. The highest BCUT2D eigenvalue weighted by molar-refractivity contribution is 5.93. The van der Waals surface area contributed by atoms with Gasteiger partial charge in [0.25, 0.3) is 0 Å². The summed E-state index contributed by atoms with van der Waals surface area (Å²) in [5.74, 6) is -0.150. The Bertz CT molecular complexity index is 904. The summed E-state index contributed by atoms with van der Waals surface area (Å²) >= 11 is 0. The van der Waals surface area contributed by atoms with Crippen LogP contribution in [-0.4, -0.2) is 48.1 Å². The predicted molar refractivity (Wildman–Crippen MR) is 112 cm³/mol. The lowest BCUT2D eigenvalue weighted by Crippen LogP contribution is -2.51. The summed E-state index contributed by atoms with van der Waals surface area (Å²) in [4.78, 5) is 28.7. The van der Waals surface area contributed by atoms with Crippen molar-refractivity contribution in [1.82, 2.24) is 10.2 Å². The number of hydrogen-bond acceptors (Lipinski definition) is 4. The van der Waals surface area contributed by atoms with E-state index in [0.717, 1.165) is 37.0 Å². The normalized spacial score (nSPS) is 33.4. The maximum absolute atomic E-state index is 13.7. The molecule has 4 aliphatic rings. The van der Waals surface area contributed by atoms with Crippen LogP contribution in [0.15, 0.2) is 36.4 Å². The Morgan fingerprint density at radius 1 is 1.30 bits per heavy atom. The molecule has 6 heteroatoms. The van der Waals surface area contributed by atoms with Crippen molar-refractivity contribution < 1.29 is 19.1 Å². The highest BCUT2D eigenvalue weighted by Gasteiger charge is 2.67. The first-order valence-electron chi connectivity index (χ1n) is 11.0. The van der Waals surface area contributed by atoms with Crippen molar-refractivity contribution in [3.8, 4) is 5.75 Å². The van der Waals surface area contributed by atoms with Crippen LogP contribution in [0.25, 0.3) is 0 Å². The molecule has 0 unspecified atom stereocenters. The predicted octanol–water partition coefficient (Wildman–Crippen LogP) is 2.77. The lowest BCUT2D eigenvalue weighted by molar-refractivity contribution is -0.139. The Labute approximate surface area is 177 Å². The Hall–Kier alpha value is -2.34. The molecule has 3 aliphatic heterocycles. The number of rotatable bonds is 5. The smallest absolute Gasteiger partial charge is 0.230 e. The van der Waals surface area contributed by atoms with Crippen LogP contribution < -0.4 is 10.1 Å². The van der Waals surface area contributed by atoms with E-state index >= 15 is 0 Å². The van der Waals surface area contributed by atoms with Crippen LogP contribution in [-0.2, 0) is 19.9 Å². The topological polar surface area (TPSA) is 67.9 Å². The van der Waals surface area contributed by atoms with Gasteiger partial charge in [0.2, 0.25) is 11.8 Å². The molecule has 0 aromatic heterocycles. The van der Waals surface area contributed by atoms with E-state index < -0.39 is 23.0 Å². The number of carbonyl (C=O) groups excluding carboxylic acids is 2.